The number of benzene rings is 1. The number of hydrogen-bond acceptors (Lipinski definition) is 9. The van der Waals surface area contributed by atoms with Crippen molar-refractivity contribution in [1.82, 2.24) is 15.9 Å². The van der Waals surface area contributed by atoms with E-state index in [1.54, 1.807) is 56.4 Å². The molecule has 32 heavy (non-hydrogen) atoms. The Hall–Kier alpha value is -3.02. The van der Waals surface area contributed by atoms with Gasteiger partial charge in [-0.15, -0.1) is 0 Å². The molecule has 10 nitrogen and oxygen atoms in total. The number of nitrogens with one attached hydrogen (secondary N) is 3. The quantitative estimate of drug-likeness (QED) is 0.550. The molecular weight excluding hydrogens is 458 g/mol. The molecule has 3 N–H and O–H groups in total. The normalized spacial score (nSPS) is 14.3. The molecule has 0 fully saturated rings. The summed E-state index contributed by atoms with van der Waals surface area (Å²) in [6.45, 7) is 8.59. The minimum absolute atomic E-state index is 0.155. The second-order valence-electron chi connectivity index (χ2n) is 7.86. The van der Waals surface area contributed by atoms with Crippen molar-refractivity contribution in [1.29, 1.82) is 0 Å². The molecule has 2 amide bonds. The number of rotatable bonds is 6. The van der Waals surface area contributed by atoms with Gasteiger partial charge in [0.15, 0.2) is 5.76 Å². The van der Waals surface area contributed by atoms with Gasteiger partial charge in [0, 0.05) is 12.6 Å². The number of carbonyl (C=O) groups excluding carboxylic acids is 2. The number of aromatic nitrogens is 1. The molecule has 0 spiro atoms. The summed E-state index contributed by atoms with van der Waals surface area (Å²) < 4.78 is 11.0. The number of hydrazine groups is 1. The zero-order valence-electron chi connectivity index (χ0n) is 18.2. The molecule has 0 saturated heterocycles. The number of thiazole rings is 1. The smallest absolute Gasteiger partial charge is 0.412 e. The van der Waals surface area contributed by atoms with Crippen LogP contribution < -0.4 is 26.0 Å². The number of halogens is 1. The Balaban J connectivity index is 1.62. The maximum Gasteiger partial charge on any atom is 0.412 e. The van der Waals surface area contributed by atoms with Gasteiger partial charge in [0.25, 0.3) is 5.19 Å². The third kappa shape index (κ3) is 6.49. The monoisotopic (exact) mass is 481 g/mol. The number of nitrogens with zero attached hydrogens (tertiary/aromatic N) is 2. The van der Waals surface area contributed by atoms with Gasteiger partial charge in [-0.3, -0.25) is 10.1 Å². The number of carbonyl (C=O) groups is 2. The first-order valence-electron chi connectivity index (χ1n) is 9.64. The summed E-state index contributed by atoms with van der Waals surface area (Å²) in [6, 6.07) is 4.54. The van der Waals surface area contributed by atoms with Crippen LogP contribution in [-0.2, 0) is 14.4 Å². The molecule has 0 aliphatic carbocycles. The van der Waals surface area contributed by atoms with Crippen LogP contribution in [-0.4, -0.2) is 28.6 Å². The molecule has 172 valence electrons. The Bertz CT molecular complexity index is 1040. The molecule has 0 radical (unpaired) electrons. The second kappa shape index (κ2) is 9.63. The van der Waals surface area contributed by atoms with Gasteiger partial charge >= 0.3 is 6.09 Å². The maximum atomic E-state index is 11.9. The standard InChI is InChI=1S/C20H24ClN5O5S/c1-11(23-12(2)27)16-10-26(25-31-16)17-9-22-19(32-17)29-15-7-6-13(8-14(15)21)24-18(28)30-20(3,4)5/h6-11,25H,1-5H3,(H,23,27)(H,24,28). The van der Waals surface area contributed by atoms with Gasteiger partial charge in [-0.05, 0) is 45.9 Å². The lowest BCUT2D eigenvalue weighted by Gasteiger charge is -2.19. The molecule has 3 rings (SSSR count). The van der Waals surface area contributed by atoms with E-state index in [2.05, 4.69) is 21.2 Å². The van der Waals surface area contributed by atoms with Gasteiger partial charge in [0.2, 0.25) is 5.91 Å². The molecule has 12 heteroatoms. The Labute approximate surface area is 194 Å². The third-order valence-corrected chi connectivity index (χ3v) is 5.02. The topological polar surface area (TPSA) is 114 Å². The molecule has 0 bridgehead atoms. The molecule has 1 aromatic heterocycles. The molecule has 1 aliphatic heterocycles. The van der Waals surface area contributed by atoms with Crippen LogP contribution in [0.25, 0.3) is 0 Å². The lowest BCUT2D eigenvalue weighted by molar-refractivity contribution is -0.119. The first kappa shape index (κ1) is 23.6. The van der Waals surface area contributed by atoms with Gasteiger partial charge in [0.05, 0.1) is 23.5 Å². The maximum absolute atomic E-state index is 11.9. The Morgan fingerprint density at radius 3 is 2.75 bits per heavy atom. The first-order valence-corrected chi connectivity index (χ1v) is 10.8. The van der Waals surface area contributed by atoms with Crippen molar-refractivity contribution in [3.63, 3.8) is 0 Å². The van der Waals surface area contributed by atoms with Crippen molar-refractivity contribution in [3.8, 4) is 10.9 Å². The molecule has 2 aromatic rings. The van der Waals surface area contributed by atoms with E-state index in [-0.39, 0.29) is 11.9 Å². The molecule has 1 unspecified atom stereocenters. The van der Waals surface area contributed by atoms with Gasteiger partial charge in [-0.25, -0.2) is 14.8 Å². The largest absolute Gasteiger partial charge is 0.444 e. The van der Waals surface area contributed by atoms with Crippen LogP contribution in [0.3, 0.4) is 0 Å². The van der Waals surface area contributed by atoms with Crippen LogP contribution in [0.15, 0.2) is 36.4 Å². The summed E-state index contributed by atoms with van der Waals surface area (Å²) >= 11 is 7.55. The van der Waals surface area contributed by atoms with Crippen molar-refractivity contribution >= 4 is 45.6 Å². The molecule has 2 heterocycles. The molecule has 1 aromatic carbocycles. The van der Waals surface area contributed by atoms with Crippen LogP contribution in [0, 0.1) is 0 Å². The van der Waals surface area contributed by atoms with Crippen LogP contribution in [0.2, 0.25) is 5.02 Å². The highest BCUT2D eigenvalue weighted by Gasteiger charge is 2.23. The predicted octanol–water partition coefficient (Wildman–Crippen LogP) is 4.56. The van der Waals surface area contributed by atoms with E-state index in [1.807, 2.05) is 6.92 Å². The van der Waals surface area contributed by atoms with Crippen molar-refractivity contribution in [2.24, 2.45) is 0 Å². The average molecular weight is 482 g/mol. The number of anilines is 2. The summed E-state index contributed by atoms with van der Waals surface area (Å²) in [5.41, 5.74) is 2.60. The Morgan fingerprint density at radius 2 is 2.09 bits per heavy atom. The van der Waals surface area contributed by atoms with Crippen LogP contribution >= 0.6 is 22.9 Å². The van der Waals surface area contributed by atoms with E-state index in [1.165, 1.54) is 18.3 Å². The van der Waals surface area contributed by atoms with Crippen molar-refractivity contribution in [3.05, 3.63) is 41.4 Å². The highest BCUT2D eigenvalue weighted by Crippen LogP contribution is 2.36. The van der Waals surface area contributed by atoms with E-state index in [0.717, 1.165) is 0 Å². The van der Waals surface area contributed by atoms with Crippen LogP contribution in [0.5, 0.6) is 10.9 Å². The zero-order valence-corrected chi connectivity index (χ0v) is 19.8. The summed E-state index contributed by atoms with van der Waals surface area (Å²) in [5.74, 6) is 0.772. The number of hydrogen-bond donors (Lipinski definition) is 3. The minimum atomic E-state index is -0.605. The summed E-state index contributed by atoms with van der Waals surface area (Å²) in [6.07, 6.45) is 2.74. The van der Waals surface area contributed by atoms with Gasteiger partial charge in [0.1, 0.15) is 16.4 Å². The first-order chi connectivity index (χ1) is 15.0. The van der Waals surface area contributed by atoms with Gasteiger partial charge in [-0.1, -0.05) is 28.5 Å². The van der Waals surface area contributed by atoms with E-state index in [0.29, 0.717) is 32.4 Å². The van der Waals surface area contributed by atoms with Gasteiger partial charge < -0.3 is 19.6 Å². The number of amides is 2. The van der Waals surface area contributed by atoms with Crippen LogP contribution in [0.1, 0.15) is 34.6 Å². The van der Waals surface area contributed by atoms with Crippen LogP contribution in [0.4, 0.5) is 15.5 Å². The average Bonchev–Trinajstić information content (AvgIpc) is 3.31. The van der Waals surface area contributed by atoms with E-state index < -0.39 is 11.7 Å². The summed E-state index contributed by atoms with van der Waals surface area (Å²) in [5, 5.41) is 8.33. The van der Waals surface area contributed by atoms with Crippen molar-refractivity contribution in [2.45, 2.75) is 46.3 Å². The molecule has 0 saturated carbocycles. The highest BCUT2D eigenvalue weighted by molar-refractivity contribution is 7.17. The van der Waals surface area contributed by atoms with E-state index >= 15 is 0 Å². The molecule has 1 aliphatic rings. The molecule has 1 atom stereocenters. The van der Waals surface area contributed by atoms with Gasteiger partial charge in [-0.2, -0.15) is 0 Å². The third-order valence-electron chi connectivity index (χ3n) is 3.85. The fourth-order valence-corrected chi connectivity index (χ4v) is 3.48. The zero-order chi connectivity index (χ0) is 23.5. The lowest BCUT2D eigenvalue weighted by atomic mass is 10.2. The highest BCUT2D eigenvalue weighted by atomic mass is 35.5. The second-order valence-corrected chi connectivity index (χ2v) is 9.23. The fourth-order valence-electron chi connectivity index (χ4n) is 2.55. The van der Waals surface area contributed by atoms with E-state index in [9.17, 15) is 9.59 Å². The summed E-state index contributed by atoms with van der Waals surface area (Å²) in [4.78, 5) is 32.7. The lowest BCUT2D eigenvalue weighted by Crippen LogP contribution is -2.33. The van der Waals surface area contributed by atoms with Crippen molar-refractivity contribution < 1.29 is 23.9 Å². The minimum Gasteiger partial charge on any atom is -0.444 e. The summed E-state index contributed by atoms with van der Waals surface area (Å²) in [7, 11) is 0. The fraction of sp³-hybridized carbons (Fsp3) is 0.350. The predicted molar refractivity (Wildman–Crippen MR) is 122 cm³/mol. The number of ether oxygens (including phenoxy) is 2. The molecular formula is C20H24ClN5O5S. The SMILES string of the molecule is CC(=O)NC(C)C1=CN(c2cnc(Oc3ccc(NC(=O)OC(C)(C)C)cc3Cl)s2)NO1. The van der Waals surface area contributed by atoms with Crippen molar-refractivity contribution in [2.75, 3.05) is 10.3 Å². The Morgan fingerprint density at radius 1 is 1.34 bits per heavy atom. The Kier molecular flexibility index (Phi) is 7.12. The van der Waals surface area contributed by atoms with E-state index in [4.69, 9.17) is 25.9 Å².